The molecule has 0 rings (SSSR count). The molecule has 0 aromatic carbocycles. The first-order valence-electron chi connectivity index (χ1n) is 6.94. The highest BCUT2D eigenvalue weighted by Gasteiger charge is 1.93. The molecule has 0 N–H and O–H groups in total. The van der Waals surface area contributed by atoms with Crippen LogP contribution < -0.4 is 0 Å². The van der Waals surface area contributed by atoms with Crippen molar-refractivity contribution in [3.8, 4) is 24.7 Å². The summed E-state index contributed by atoms with van der Waals surface area (Å²) >= 11 is 0. The number of hydrogen-bond acceptors (Lipinski definition) is 2. The van der Waals surface area contributed by atoms with E-state index in [1.165, 1.54) is 38.5 Å². The number of terminal acetylenes is 2. The van der Waals surface area contributed by atoms with Crippen molar-refractivity contribution in [1.82, 2.24) is 0 Å². The molecule has 0 spiro atoms. The minimum absolute atomic E-state index is 0.446. The molecule has 0 aliphatic heterocycles. The van der Waals surface area contributed by atoms with Crippen LogP contribution in [0.2, 0.25) is 0 Å². The summed E-state index contributed by atoms with van der Waals surface area (Å²) in [5, 5.41) is 0. The van der Waals surface area contributed by atoms with Gasteiger partial charge in [0.15, 0.2) is 0 Å². The van der Waals surface area contributed by atoms with Crippen LogP contribution in [0, 0.1) is 24.7 Å². The summed E-state index contributed by atoms with van der Waals surface area (Å²) in [7, 11) is 0. The fourth-order valence-corrected chi connectivity index (χ4v) is 1.73. The molecule has 18 heavy (non-hydrogen) atoms. The molecule has 0 amide bonds. The van der Waals surface area contributed by atoms with Crippen LogP contribution in [-0.4, -0.2) is 26.4 Å². The van der Waals surface area contributed by atoms with E-state index in [1.807, 2.05) is 0 Å². The van der Waals surface area contributed by atoms with Crippen molar-refractivity contribution in [2.24, 2.45) is 0 Å². The van der Waals surface area contributed by atoms with Gasteiger partial charge in [0.1, 0.15) is 13.2 Å². The molecular formula is C16H26O2. The average molecular weight is 250 g/mol. The van der Waals surface area contributed by atoms with Crippen LogP contribution in [0.5, 0.6) is 0 Å². The third-order valence-electron chi connectivity index (χ3n) is 2.70. The van der Waals surface area contributed by atoms with Crippen molar-refractivity contribution in [3.63, 3.8) is 0 Å². The van der Waals surface area contributed by atoms with Crippen molar-refractivity contribution < 1.29 is 9.47 Å². The quantitative estimate of drug-likeness (QED) is 0.368. The maximum atomic E-state index is 5.21. The fourth-order valence-electron chi connectivity index (χ4n) is 1.73. The van der Waals surface area contributed by atoms with Gasteiger partial charge in [-0.2, -0.15) is 0 Å². The van der Waals surface area contributed by atoms with Crippen LogP contribution in [0.4, 0.5) is 0 Å². The number of rotatable bonds is 13. The summed E-state index contributed by atoms with van der Waals surface area (Å²) in [5.41, 5.74) is 0. The third kappa shape index (κ3) is 15.0. The van der Waals surface area contributed by atoms with E-state index in [4.69, 9.17) is 22.3 Å². The first kappa shape index (κ1) is 17.0. The molecule has 0 aliphatic rings. The molecule has 2 heteroatoms. The van der Waals surface area contributed by atoms with Crippen molar-refractivity contribution in [2.75, 3.05) is 26.4 Å². The van der Waals surface area contributed by atoms with Crippen molar-refractivity contribution in [1.29, 1.82) is 0 Å². The molecule has 0 bridgehead atoms. The Morgan fingerprint density at radius 2 is 0.889 bits per heavy atom. The SMILES string of the molecule is C#CCOCCCCCCCCCCOCC#C. The van der Waals surface area contributed by atoms with Crippen LogP contribution in [0.3, 0.4) is 0 Å². The maximum absolute atomic E-state index is 5.21. The summed E-state index contributed by atoms with van der Waals surface area (Å²) in [4.78, 5) is 0. The van der Waals surface area contributed by atoms with Gasteiger partial charge in [0.2, 0.25) is 0 Å². The number of hydrogen-bond donors (Lipinski definition) is 0. The first-order chi connectivity index (χ1) is 8.91. The highest BCUT2D eigenvalue weighted by Crippen LogP contribution is 2.08. The molecule has 0 heterocycles. The second-order valence-electron chi connectivity index (χ2n) is 4.34. The molecule has 0 aromatic heterocycles. The number of ether oxygens (including phenoxy) is 2. The molecule has 0 fully saturated rings. The predicted molar refractivity (Wildman–Crippen MR) is 76.2 cm³/mol. The monoisotopic (exact) mass is 250 g/mol. The van der Waals surface area contributed by atoms with Gasteiger partial charge in [-0.15, -0.1) is 12.8 Å². The molecule has 2 nitrogen and oxygen atoms in total. The van der Waals surface area contributed by atoms with Crippen molar-refractivity contribution >= 4 is 0 Å². The van der Waals surface area contributed by atoms with Crippen LogP contribution in [0.25, 0.3) is 0 Å². The Balaban J connectivity index is 2.91. The van der Waals surface area contributed by atoms with Crippen LogP contribution in [0.1, 0.15) is 51.4 Å². The van der Waals surface area contributed by atoms with Gasteiger partial charge in [-0.05, 0) is 12.8 Å². The van der Waals surface area contributed by atoms with Gasteiger partial charge in [-0.1, -0.05) is 50.4 Å². The topological polar surface area (TPSA) is 18.5 Å². The Morgan fingerprint density at radius 1 is 0.556 bits per heavy atom. The summed E-state index contributed by atoms with van der Waals surface area (Å²) in [6.45, 7) is 2.50. The average Bonchev–Trinajstić information content (AvgIpc) is 2.39. The fraction of sp³-hybridized carbons (Fsp3) is 0.750. The second kappa shape index (κ2) is 16.0. The molecule has 0 atom stereocenters. The van der Waals surface area contributed by atoms with Crippen LogP contribution >= 0.6 is 0 Å². The minimum atomic E-state index is 0.446. The molecule has 0 unspecified atom stereocenters. The lowest BCUT2D eigenvalue weighted by Crippen LogP contribution is -1.95. The highest BCUT2D eigenvalue weighted by atomic mass is 16.5. The largest absolute Gasteiger partial charge is 0.369 e. The van der Waals surface area contributed by atoms with E-state index in [1.54, 1.807) is 0 Å². The Morgan fingerprint density at radius 3 is 1.22 bits per heavy atom. The zero-order valence-electron chi connectivity index (χ0n) is 11.5. The smallest absolute Gasteiger partial charge is 0.107 e. The second-order valence-corrected chi connectivity index (χ2v) is 4.34. The molecule has 0 aromatic rings. The standard InChI is InChI=1S/C16H26O2/c1-3-13-17-15-11-9-7-5-6-8-10-12-16-18-14-4-2/h1-2H,5-16H2. The zero-order chi connectivity index (χ0) is 13.3. The van der Waals surface area contributed by atoms with Gasteiger partial charge in [0.05, 0.1) is 0 Å². The lowest BCUT2D eigenvalue weighted by Gasteiger charge is -2.03. The Hall–Kier alpha value is -0.960. The lowest BCUT2D eigenvalue weighted by molar-refractivity contribution is 0.160. The van der Waals surface area contributed by atoms with Gasteiger partial charge < -0.3 is 9.47 Å². The van der Waals surface area contributed by atoms with Crippen molar-refractivity contribution in [3.05, 3.63) is 0 Å². The molecule has 102 valence electrons. The Bertz CT molecular complexity index is 208. The van der Waals surface area contributed by atoms with Gasteiger partial charge >= 0.3 is 0 Å². The van der Waals surface area contributed by atoms with Crippen molar-refractivity contribution in [2.45, 2.75) is 51.4 Å². The van der Waals surface area contributed by atoms with E-state index in [2.05, 4.69) is 11.8 Å². The number of unbranched alkanes of at least 4 members (excludes halogenated alkanes) is 7. The predicted octanol–water partition coefficient (Wildman–Crippen LogP) is 3.41. The molecule has 0 aliphatic carbocycles. The van der Waals surface area contributed by atoms with Crippen LogP contribution in [-0.2, 0) is 9.47 Å². The molecule has 0 saturated heterocycles. The van der Waals surface area contributed by atoms with Gasteiger partial charge in [-0.25, -0.2) is 0 Å². The third-order valence-corrected chi connectivity index (χ3v) is 2.70. The molecular weight excluding hydrogens is 224 g/mol. The van der Waals surface area contributed by atoms with E-state index in [0.717, 1.165) is 26.1 Å². The van der Waals surface area contributed by atoms with Crippen LogP contribution in [0.15, 0.2) is 0 Å². The van der Waals surface area contributed by atoms with E-state index in [-0.39, 0.29) is 0 Å². The van der Waals surface area contributed by atoms with Gasteiger partial charge in [0, 0.05) is 13.2 Å². The maximum Gasteiger partial charge on any atom is 0.107 e. The van der Waals surface area contributed by atoms with E-state index >= 15 is 0 Å². The normalized spacial score (nSPS) is 9.89. The minimum Gasteiger partial charge on any atom is -0.369 e. The van der Waals surface area contributed by atoms with E-state index < -0.39 is 0 Å². The van der Waals surface area contributed by atoms with E-state index in [0.29, 0.717) is 13.2 Å². The summed E-state index contributed by atoms with van der Waals surface area (Å²) in [6, 6.07) is 0. The summed E-state index contributed by atoms with van der Waals surface area (Å²) in [5.74, 6) is 4.94. The zero-order valence-corrected chi connectivity index (χ0v) is 11.5. The summed E-state index contributed by atoms with van der Waals surface area (Å²) in [6.07, 6.45) is 20.1. The van der Waals surface area contributed by atoms with Gasteiger partial charge in [-0.3, -0.25) is 0 Å². The Labute approximate surface area is 112 Å². The van der Waals surface area contributed by atoms with E-state index in [9.17, 15) is 0 Å². The first-order valence-corrected chi connectivity index (χ1v) is 6.94. The molecule has 0 radical (unpaired) electrons. The Kier molecular flexibility index (Phi) is 15.2. The molecule has 0 saturated carbocycles. The lowest BCUT2D eigenvalue weighted by atomic mass is 10.1. The highest BCUT2D eigenvalue weighted by molar-refractivity contribution is 4.83. The summed E-state index contributed by atoms with van der Waals surface area (Å²) < 4.78 is 10.4. The van der Waals surface area contributed by atoms with Gasteiger partial charge in [0.25, 0.3) is 0 Å².